The molecule has 0 radical (unpaired) electrons. The molecule has 0 bridgehead atoms. The molecule has 2 aliphatic rings. The minimum atomic E-state index is -0.310. The molecule has 5 nitrogen and oxygen atoms in total. The second-order valence-electron chi connectivity index (χ2n) is 13.9. The van der Waals surface area contributed by atoms with E-state index in [1.165, 1.54) is 5.39 Å². The molecule has 2 atom stereocenters. The van der Waals surface area contributed by atoms with E-state index in [1.807, 2.05) is 24.3 Å². The molecule has 0 amide bonds. The molecule has 0 saturated heterocycles. The van der Waals surface area contributed by atoms with Gasteiger partial charge in [-0.05, 0) is 40.1 Å². The molecule has 0 saturated carbocycles. The number of hydrogen-bond acceptors (Lipinski definition) is 5. The minimum absolute atomic E-state index is 0.152. The van der Waals surface area contributed by atoms with Crippen LogP contribution in [0, 0.1) is 0 Å². The van der Waals surface area contributed by atoms with Gasteiger partial charge >= 0.3 is 0 Å². The van der Waals surface area contributed by atoms with Gasteiger partial charge < -0.3 is 9.15 Å². The van der Waals surface area contributed by atoms with E-state index < -0.39 is 0 Å². The molecule has 1 aliphatic carbocycles. The van der Waals surface area contributed by atoms with Gasteiger partial charge in [-0.2, -0.15) is 0 Å². The Hall–Kier alpha value is -7.11. The molecule has 2 aromatic heterocycles. The van der Waals surface area contributed by atoms with Crippen LogP contribution < -0.4 is 4.74 Å². The van der Waals surface area contributed by atoms with Crippen LogP contribution in [0.2, 0.25) is 0 Å². The SMILES string of the molecule is C1=C(c2cccc3c2oc2ccccc23)C2Oc3ccccc3C2C(c2nc(-c3ccc(-c4ccccc4)cc3)nc(-c3ccc4ccccc4c3)n2)=C1. The maximum Gasteiger partial charge on any atom is 0.164 e. The highest BCUT2D eigenvalue weighted by atomic mass is 16.5. The van der Waals surface area contributed by atoms with Crippen LogP contribution in [0.25, 0.3) is 77.8 Å². The Kier molecular flexibility index (Phi) is 6.92. The Morgan fingerprint density at radius 2 is 1.09 bits per heavy atom. The van der Waals surface area contributed by atoms with E-state index in [9.17, 15) is 0 Å². The van der Waals surface area contributed by atoms with E-state index in [1.54, 1.807) is 0 Å². The van der Waals surface area contributed by atoms with Crippen LogP contribution >= 0.6 is 0 Å². The summed E-state index contributed by atoms with van der Waals surface area (Å²) in [7, 11) is 0. The van der Waals surface area contributed by atoms with Crippen molar-refractivity contribution in [3.63, 3.8) is 0 Å². The van der Waals surface area contributed by atoms with Gasteiger partial charge in [0.15, 0.2) is 17.5 Å². The summed E-state index contributed by atoms with van der Waals surface area (Å²) in [6.45, 7) is 0. The van der Waals surface area contributed by atoms with E-state index in [0.717, 1.165) is 77.6 Å². The lowest BCUT2D eigenvalue weighted by molar-refractivity contribution is 0.281. The Bertz CT molecular complexity index is 2980. The first-order valence-electron chi connectivity index (χ1n) is 18.2. The van der Waals surface area contributed by atoms with Crippen LogP contribution in [-0.4, -0.2) is 21.1 Å². The van der Waals surface area contributed by atoms with Gasteiger partial charge in [-0.15, -0.1) is 0 Å². The van der Waals surface area contributed by atoms with Gasteiger partial charge in [-0.1, -0.05) is 158 Å². The summed E-state index contributed by atoms with van der Waals surface area (Å²) in [5.74, 6) is 2.58. The van der Waals surface area contributed by atoms with Gasteiger partial charge in [0, 0.05) is 44.2 Å². The third-order valence-corrected chi connectivity index (χ3v) is 10.8. The number of para-hydroxylation sites is 3. The average molecular weight is 694 g/mol. The summed E-state index contributed by atoms with van der Waals surface area (Å²) in [5, 5.41) is 4.49. The molecule has 0 spiro atoms. The van der Waals surface area contributed by atoms with Crippen molar-refractivity contribution < 1.29 is 9.15 Å². The molecule has 0 N–H and O–H groups in total. The number of allylic oxidation sites excluding steroid dienone is 2. The normalized spacial score (nSPS) is 16.1. The lowest BCUT2D eigenvalue weighted by Gasteiger charge is -2.27. The largest absolute Gasteiger partial charge is 0.484 e. The number of furan rings is 1. The fraction of sp³-hybridized carbons (Fsp3) is 0.0408. The summed E-state index contributed by atoms with van der Waals surface area (Å²) < 4.78 is 13.4. The zero-order valence-electron chi connectivity index (χ0n) is 29.1. The molecular weight excluding hydrogens is 663 g/mol. The predicted molar refractivity (Wildman–Crippen MR) is 217 cm³/mol. The molecule has 11 rings (SSSR count). The van der Waals surface area contributed by atoms with Gasteiger partial charge in [-0.25, -0.2) is 15.0 Å². The van der Waals surface area contributed by atoms with E-state index in [0.29, 0.717) is 17.5 Å². The molecule has 54 heavy (non-hydrogen) atoms. The van der Waals surface area contributed by atoms with Crippen LogP contribution in [-0.2, 0) is 0 Å². The summed E-state index contributed by atoms with van der Waals surface area (Å²) in [6, 6.07) is 56.5. The highest BCUT2D eigenvalue weighted by molar-refractivity contribution is 6.09. The quantitative estimate of drug-likeness (QED) is 0.180. The lowest BCUT2D eigenvalue weighted by atomic mass is 9.78. The fourth-order valence-electron chi connectivity index (χ4n) is 8.13. The number of fused-ring (bicyclic) bond motifs is 7. The van der Waals surface area contributed by atoms with Gasteiger partial charge in [-0.3, -0.25) is 0 Å². The second kappa shape index (κ2) is 12.2. The molecule has 3 heterocycles. The number of ether oxygens (including phenoxy) is 1. The van der Waals surface area contributed by atoms with Gasteiger partial charge in [0.1, 0.15) is 23.0 Å². The summed E-state index contributed by atoms with van der Waals surface area (Å²) in [4.78, 5) is 15.6. The summed E-state index contributed by atoms with van der Waals surface area (Å²) >= 11 is 0. The van der Waals surface area contributed by atoms with E-state index in [2.05, 4.69) is 152 Å². The monoisotopic (exact) mass is 693 g/mol. The fourth-order valence-corrected chi connectivity index (χ4v) is 8.13. The predicted octanol–water partition coefficient (Wildman–Crippen LogP) is 12.0. The third kappa shape index (κ3) is 4.97. The minimum Gasteiger partial charge on any atom is -0.484 e. The summed E-state index contributed by atoms with van der Waals surface area (Å²) in [6.07, 6.45) is 4.03. The van der Waals surface area contributed by atoms with Crippen molar-refractivity contribution in [2.45, 2.75) is 12.0 Å². The Labute approximate surface area is 311 Å². The number of benzene rings is 7. The summed E-state index contributed by atoms with van der Waals surface area (Å²) in [5.41, 5.74) is 10.1. The second-order valence-corrected chi connectivity index (χ2v) is 13.9. The van der Waals surface area contributed by atoms with Crippen LogP contribution in [0.5, 0.6) is 5.75 Å². The van der Waals surface area contributed by atoms with Crippen LogP contribution in [0.4, 0.5) is 0 Å². The molecule has 254 valence electrons. The first-order chi connectivity index (χ1) is 26.7. The maximum atomic E-state index is 6.86. The smallest absolute Gasteiger partial charge is 0.164 e. The molecule has 5 heteroatoms. The van der Waals surface area contributed by atoms with E-state index in [4.69, 9.17) is 24.1 Å². The van der Waals surface area contributed by atoms with Gasteiger partial charge in [0.25, 0.3) is 0 Å². The van der Waals surface area contributed by atoms with Gasteiger partial charge in [0.05, 0.1) is 5.92 Å². The Morgan fingerprint density at radius 3 is 1.98 bits per heavy atom. The maximum absolute atomic E-state index is 6.86. The molecule has 7 aromatic carbocycles. The molecule has 9 aromatic rings. The highest BCUT2D eigenvalue weighted by Crippen LogP contribution is 2.52. The van der Waals surface area contributed by atoms with Crippen molar-refractivity contribution in [2.24, 2.45) is 0 Å². The van der Waals surface area contributed by atoms with Crippen LogP contribution in [0.1, 0.15) is 22.9 Å². The van der Waals surface area contributed by atoms with Crippen molar-refractivity contribution in [3.05, 3.63) is 193 Å². The van der Waals surface area contributed by atoms with Crippen molar-refractivity contribution in [2.75, 3.05) is 0 Å². The average Bonchev–Trinajstić information content (AvgIpc) is 3.83. The van der Waals surface area contributed by atoms with Crippen molar-refractivity contribution in [3.8, 4) is 39.7 Å². The van der Waals surface area contributed by atoms with Crippen molar-refractivity contribution in [1.29, 1.82) is 0 Å². The van der Waals surface area contributed by atoms with E-state index in [-0.39, 0.29) is 12.0 Å². The van der Waals surface area contributed by atoms with Gasteiger partial charge in [0.2, 0.25) is 0 Å². The first-order valence-corrected chi connectivity index (χ1v) is 18.2. The van der Waals surface area contributed by atoms with Crippen LogP contribution in [0.15, 0.2) is 180 Å². The Morgan fingerprint density at radius 1 is 0.444 bits per heavy atom. The zero-order chi connectivity index (χ0) is 35.6. The molecule has 2 unspecified atom stereocenters. The standard InChI is InChI=1S/C49H31N3O2/c1-2-11-30(12-3-1)32-21-24-33(25-22-32)47-50-48(35-26-23-31-13-4-5-14-34(31)29-35)52-49(51-47)41-28-27-39(46-44(41)40-16-7-9-20-43(40)54-46)38-18-10-17-37-36-15-6-8-19-42(36)53-45(37)38/h1-29,44,46H. The topological polar surface area (TPSA) is 61.0 Å². The number of aromatic nitrogens is 3. The third-order valence-electron chi connectivity index (χ3n) is 10.8. The Balaban J connectivity index is 1.10. The lowest BCUT2D eigenvalue weighted by Crippen LogP contribution is -2.25. The molecular formula is C49H31N3O2. The number of nitrogens with zero attached hydrogens (tertiary/aromatic N) is 3. The highest BCUT2D eigenvalue weighted by Gasteiger charge is 2.43. The van der Waals surface area contributed by atoms with Crippen molar-refractivity contribution >= 4 is 43.9 Å². The zero-order valence-corrected chi connectivity index (χ0v) is 29.1. The number of rotatable bonds is 5. The van der Waals surface area contributed by atoms with E-state index >= 15 is 0 Å². The van der Waals surface area contributed by atoms with Crippen LogP contribution in [0.3, 0.4) is 0 Å². The first kappa shape index (κ1) is 30.5. The molecule has 0 fully saturated rings. The number of hydrogen-bond donors (Lipinski definition) is 0. The van der Waals surface area contributed by atoms with Crippen molar-refractivity contribution in [1.82, 2.24) is 15.0 Å². The molecule has 1 aliphatic heterocycles.